The SMILES string of the molecule is CC(C)c1ccc(CSc2nc3ccccc3c3nc(-c4ccccc4)nn23)cc1. The van der Waals surface area contributed by atoms with Crippen LogP contribution in [0.5, 0.6) is 0 Å². The van der Waals surface area contributed by atoms with Gasteiger partial charge in [0, 0.05) is 16.7 Å². The molecule has 0 saturated carbocycles. The first-order valence-electron chi connectivity index (χ1n) is 10.1. The van der Waals surface area contributed by atoms with E-state index in [-0.39, 0.29) is 0 Å². The van der Waals surface area contributed by atoms with E-state index in [1.54, 1.807) is 11.8 Å². The first kappa shape index (κ1) is 18.8. The minimum Gasteiger partial charge on any atom is -0.222 e. The van der Waals surface area contributed by atoms with Crippen molar-refractivity contribution in [1.29, 1.82) is 0 Å². The molecule has 30 heavy (non-hydrogen) atoms. The Hall–Kier alpha value is -3.18. The molecule has 2 heterocycles. The summed E-state index contributed by atoms with van der Waals surface area (Å²) in [6.45, 7) is 4.43. The molecule has 0 fully saturated rings. The van der Waals surface area contributed by atoms with Crippen LogP contribution in [0, 0.1) is 0 Å². The zero-order valence-electron chi connectivity index (χ0n) is 17.0. The average Bonchev–Trinajstić information content (AvgIpc) is 3.24. The van der Waals surface area contributed by atoms with Gasteiger partial charge in [-0.05, 0) is 29.2 Å². The molecule has 0 N–H and O–H groups in total. The van der Waals surface area contributed by atoms with Gasteiger partial charge in [0.1, 0.15) is 0 Å². The first-order valence-corrected chi connectivity index (χ1v) is 11.1. The minimum atomic E-state index is 0.542. The Labute approximate surface area is 180 Å². The lowest BCUT2D eigenvalue weighted by Crippen LogP contribution is -1.98. The fourth-order valence-corrected chi connectivity index (χ4v) is 4.38. The lowest BCUT2D eigenvalue weighted by atomic mass is 10.0. The van der Waals surface area contributed by atoms with Gasteiger partial charge >= 0.3 is 0 Å². The van der Waals surface area contributed by atoms with Crippen molar-refractivity contribution in [3.63, 3.8) is 0 Å². The summed E-state index contributed by atoms with van der Waals surface area (Å²) in [7, 11) is 0. The first-order chi connectivity index (χ1) is 14.7. The van der Waals surface area contributed by atoms with Crippen LogP contribution in [0.1, 0.15) is 30.9 Å². The van der Waals surface area contributed by atoms with Crippen LogP contribution in [0.25, 0.3) is 27.9 Å². The third kappa shape index (κ3) is 3.57. The molecule has 0 radical (unpaired) electrons. The van der Waals surface area contributed by atoms with Gasteiger partial charge in [0.15, 0.2) is 16.6 Å². The molecule has 4 nitrogen and oxygen atoms in total. The van der Waals surface area contributed by atoms with E-state index in [1.807, 2.05) is 53.0 Å². The van der Waals surface area contributed by atoms with Gasteiger partial charge < -0.3 is 0 Å². The molecular formula is C25H22N4S. The Kier molecular flexibility index (Phi) is 4.97. The van der Waals surface area contributed by atoms with Crippen LogP contribution < -0.4 is 0 Å². The van der Waals surface area contributed by atoms with Crippen molar-refractivity contribution in [2.75, 3.05) is 0 Å². The summed E-state index contributed by atoms with van der Waals surface area (Å²) in [5.74, 6) is 2.09. The smallest absolute Gasteiger partial charge is 0.191 e. The van der Waals surface area contributed by atoms with Crippen molar-refractivity contribution in [2.24, 2.45) is 0 Å². The number of hydrogen-bond acceptors (Lipinski definition) is 4. The molecule has 0 aliphatic carbocycles. The number of rotatable bonds is 5. The van der Waals surface area contributed by atoms with Gasteiger partial charge in [-0.25, -0.2) is 9.97 Å². The van der Waals surface area contributed by atoms with Crippen LogP contribution in [0.4, 0.5) is 0 Å². The van der Waals surface area contributed by atoms with Crippen molar-refractivity contribution in [2.45, 2.75) is 30.7 Å². The number of thioether (sulfide) groups is 1. The monoisotopic (exact) mass is 410 g/mol. The summed E-state index contributed by atoms with van der Waals surface area (Å²) in [6.07, 6.45) is 0. The van der Waals surface area contributed by atoms with Crippen LogP contribution in [0.3, 0.4) is 0 Å². The quantitative estimate of drug-likeness (QED) is 0.250. The highest BCUT2D eigenvalue weighted by Crippen LogP contribution is 2.28. The van der Waals surface area contributed by atoms with Gasteiger partial charge in [0.2, 0.25) is 0 Å². The maximum atomic E-state index is 4.89. The van der Waals surface area contributed by atoms with Gasteiger partial charge in [-0.3, -0.25) is 0 Å². The molecule has 0 bridgehead atoms. The predicted octanol–water partition coefficient (Wildman–Crippen LogP) is 6.36. The number of nitrogens with zero attached hydrogens (tertiary/aromatic N) is 4. The molecule has 3 aromatic carbocycles. The van der Waals surface area contributed by atoms with Crippen molar-refractivity contribution in [1.82, 2.24) is 19.6 Å². The van der Waals surface area contributed by atoms with Gasteiger partial charge in [-0.15, -0.1) is 5.10 Å². The molecule has 0 saturated heterocycles. The molecule has 0 aliphatic rings. The Bertz CT molecular complexity index is 1310. The number of fused-ring (bicyclic) bond motifs is 3. The van der Waals surface area contributed by atoms with E-state index in [0.717, 1.165) is 38.8 Å². The molecule has 0 spiro atoms. The summed E-state index contributed by atoms with van der Waals surface area (Å²) >= 11 is 1.69. The number of para-hydroxylation sites is 1. The van der Waals surface area contributed by atoms with E-state index in [9.17, 15) is 0 Å². The summed E-state index contributed by atoms with van der Waals surface area (Å²) < 4.78 is 1.89. The van der Waals surface area contributed by atoms with E-state index >= 15 is 0 Å². The highest BCUT2D eigenvalue weighted by atomic mass is 32.2. The second-order valence-electron chi connectivity index (χ2n) is 7.63. The van der Waals surface area contributed by atoms with E-state index in [0.29, 0.717) is 5.92 Å². The summed E-state index contributed by atoms with van der Waals surface area (Å²) in [6, 6.07) is 27.1. The van der Waals surface area contributed by atoms with Crippen molar-refractivity contribution >= 4 is 28.3 Å². The maximum absolute atomic E-state index is 4.89. The van der Waals surface area contributed by atoms with E-state index in [4.69, 9.17) is 15.1 Å². The largest absolute Gasteiger partial charge is 0.222 e. The molecule has 0 aliphatic heterocycles. The van der Waals surface area contributed by atoms with Crippen LogP contribution in [0.15, 0.2) is 84.0 Å². The Balaban J connectivity index is 1.55. The molecule has 5 aromatic rings. The maximum Gasteiger partial charge on any atom is 0.191 e. The van der Waals surface area contributed by atoms with Crippen molar-refractivity contribution in [3.05, 3.63) is 90.0 Å². The normalized spacial score (nSPS) is 11.6. The fourth-order valence-electron chi connectivity index (χ4n) is 3.48. The van der Waals surface area contributed by atoms with Crippen LogP contribution in [-0.4, -0.2) is 19.6 Å². The Morgan fingerprint density at radius 3 is 2.33 bits per heavy atom. The summed E-state index contributed by atoms with van der Waals surface area (Å²) in [4.78, 5) is 9.75. The molecular weight excluding hydrogens is 388 g/mol. The summed E-state index contributed by atoms with van der Waals surface area (Å²) in [5.41, 5.74) is 5.42. The van der Waals surface area contributed by atoms with E-state index in [1.165, 1.54) is 11.1 Å². The Morgan fingerprint density at radius 1 is 0.833 bits per heavy atom. The zero-order chi connectivity index (χ0) is 20.5. The third-order valence-corrected chi connectivity index (χ3v) is 6.20. The highest BCUT2D eigenvalue weighted by molar-refractivity contribution is 7.98. The second kappa shape index (κ2) is 7.92. The van der Waals surface area contributed by atoms with E-state index < -0.39 is 0 Å². The number of benzene rings is 3. The second-order valence-corrected chi connectivity index (χ2v) is 8.58. The molecule has 0 atom stereocenters. The highest BCUT2D eigenvalue weighted by Gasteiger charge is 2.15. The number of hydrogen-bond donors (Lipinski definition) is 0. The minimum absolute atomic E-state index is 0.542. The fraction of sp³-hybridized carbons (Fsp3) is 0.160. The summed E-state index contributed by atoms with van der Waals surface area (Å²) in [5, 5.41) is 6.67. The van der Waals surface area contributed by atoms with Gasteiger partial charge in [0.25, 0.3) is 0 Å². The van der Waals surface area contributed by atoms with Crippen LogP contribution >= 0.6 is 11.8 Å². The van der Waals surface area contributed by atoms with Gasteiger partial charge in [-0.2, -0.15) is 4.52 Å². The lowest BCUT2D eigenvalue weighted by molar-refractivity contribution is 0.811. The van der Waals surface area contributed by atoms with Gasteiger partial charge in [-0.1, -0.05) is 92.3 Å². The van der Waals surface area contributed by atoms with Crippen molar-refractivity contribution < 1.29 is 0 Å². The third-order valence-electron chi connectivity index (χ3n) is 5.20. The molecule has 0 amide bonds. The average molecular weight is 411 g/mol. The number of aromatic nitrogens is 4. The van der Waals surface area contributed by atoms with Crippen molar-refractivity contribution in [3.8, 4) is 11.4 Å². The zero-order valence-corrected chi connectivity index (χ0v) is 17.8. The lowest BCUT2D eigenvalue weighted by Gasteiger charge is -2.08. The van der Waals surface area contributed by atoms with Gasteiger partial charge in [0.05, 0.1) is 5.52 Å². The molecule has 2 aromatic heterocycles. The molecule has 0 unspecified atom stereocenters. The Morgan fingerprint density at radius 2 is 1.57 bits per heavy atom. The molecule has 148 valence electrons. The van der Waals surface area contributed by atoms with E-state index in [2.05, 4.69) is 44.2 Å². The molecule has 5 heteroatoms. The standard InChI is InChI=1S/C25H22N4S/c1-17(2)19-14-12-18(13-15-19)16-30-25-26-22-11-7-6-10-21(22)24-27-23(28-29(24)25)20-8-4-3-5-9-20/h3-15,17H,16H2,1-2H3. The van der Waals surface area contributed by atoms with Crippen LogP contribution in [0.2, 0.25) is 0 Å². The topological polar surface area (TPSA) is 43.1 Å². The van der Waals surface area contributed by atoms with Crippen LogP contribution in [-0.2, 0) is 5.75 Å². The molecule has 5 rings (SSSR count). The predicted molar refractivity (Wildman–Crippen MR) is 124 cm³/mol.